The molecule has 0 atom stereocenters. The molecule has 1 aromatic rings. The average Bonchev–Trinajstić information content (AvgIpc) is 2.65. The number of allylic oxidation sites excluding steroid dienone is 1. The van der Waals surface area contributed by atoms with Crippen molar-refractivity contribution in [2.24, 2.45) is 0 Å². The number of benzene rings is 1. The monoisotopic (exact) mass is 342 g/mol. The number of amides is 1. The Morgan fingerprint density at radius 2 is 2.08 bits per heavy atom. The summed E-state index contributed by atoms with van der Waals surface area (Å²) in [6.07, 6.45) is 9.77. The molecular formula is C20H26N2O3. The number of nitrogens with one attached hydrogen (secondary N) is 2. The minimum absolute atomic E-state index is 0.298. The van der Waals surface area contributed by atoms with Crippen LogP contribution in [0.15, 0.2) is 48.6 Å². The molecule has 0 fully saturated rings. The number of hydrogen-bond donors (Lipinski definition) is 2. The second kappa shape index (κ2) is 10.3. The third-order valence-corrected chi connectivity index (χ3v) is 4.07. The zero-order valence-electron chi connectivity index (χ0n) is 14.6. The Labute approximate surface area is 149 Å². The molecule has 0 bridgehead atoms. The van der Waals surface area contributed by atoms with E-state index < -0.39 is 5.97 Å². The molecule has 2 rings (SSSR count). The molecule has 25 heavy (non-hydrogen) atoms. The SMILES string of the molecule is C=CCNC(=O)COC(=O)c1ccccc1NCCC1=CCCCC1. The van der Waals surface area contributed by atoms with Crippen LogP contribution in [-0.4, -0.2) is 31.6 Å². The fourth-order valence-electron chi connectivity index (χ4n) is 2.75. The van der Waals surface area contributed by atoms with Gasteiger partial charge in [0.15, 0.2) is 6.61 Å². The van der Waals surface area contributed by atoms with Gasteiger partial charge < -0.3 is 15.4 Å². The predicted octanol–water partition coefficient (Wildman–Crippen LogP) is 3.45. The molecule has 1 amide bonds. The summed E-state index contributed by atoms with van der Waals surface area (Å²) in [7, 11) is 0. The first-order valence-electron chi connectivity index (χ1n) is 8.76. The number of para-hydroxylation sites is 1. The van der Waals surface area contributed by atoms with E-state index >= 15 is 0 Å². The molecule has 0 saturated carbocycles. The molecule has 5 heteroatoms. The van der Waals surface area contributed by atoms with Crippen molar-refractivity contribution in [2.75, 3.05) is 25.0 Å². The Hall–Kier alpha value is -2.56. The summed E-state index contributed by atoms with van der Waals surface area (Å²) in [5.74, 6) is -0.850. The van der Waals surface area contributed by atoms with Gasteiger partial charge in [-0.05, 0) is 44.2 Å². The van der Waals surface area contributed by atoms with E-state index in [1.165, 1.54) is 31.3 Å². The summed E-state index contributed by atoms with van der Waals surface area (Å²) >= 11 is 0. The van der Waals surface area contributed by atoms with E-state index in [-0.39, 0.29) is 12.5 Å². The first kappa shape index (κ1) is 18.8. The number of hydrogen-bond acceptors (Lipinski definition) is 4. The van der Waals surface area contributed by atoms with E-state index in [4.69, 9.17) is 4.74 Å². The highest BCUT2D eigenvalue weighted by Gasteiger charge is 2.14. The first-order valence-corrected chi connectivity index (χ1v) is 8.76. The molecule has 0 spiro atoms. The van der Waals surface area contributed by atoms with Crippen molar-refractivity contribution in [1.82, 2.24) is 5.32 Å². The maximum atomic E-state index is 12.2. The number of carbonyl (C=O) groups is 2. The van der Waals surface area contributed by atoms with Gasteiger partial charge in [-0.3, -0.25) is 4.79 Å². The van der Waals surface area contributed by atoms with E-state index in [2.05, 4.69) is 23.3 Å². The van der Waals surface area contributed by atoms with Gasteiger partial charge in [-0.2, -0.15) is 0 Å². The summed E-state index contributed by atoms with van der Waals surface area (Å²) in [5.41, 5.74) is 2.66. The Morgan fingerprint density at radius 3 is 2.84 bits per heavy atom. The Kier molecular flexibility index (Phi) is 7.76. The van der Waals surface area contributed by atoms with Crippen LogP contribution in [0.2, 0.25) is 0 Å². The van der Waals surface area contributed by atoms with Gasteiger partial charge in [0, 0.05) is 18.8 Å². The molecule has 134 valence electrons. The van der Waals surface area contributed by atoms with Crippen LogP contribution in [0.1, 0.15) is 42.5 Å². The van der Waals surface area contributed by atoms with Crippen LogP contribution in [0.25, 0.3) is 0 Å². The van der Waals surface area contributed by atoms with Gasteiger partial charge in [0.1, 0.15) is 0 Å². The smallest absolute Gasteiger partial charge is 0.340 e. The van der Waals surface area contributed by atoms with Crippen LogP contribution in [0, 0.1) is 0 Å². The third kappa shape index (κ3) is 6.45. The van der Waals surface area contributed by atoms with Crippen molar-refractivity contribution in [3.8, 4) is 0 Å². The van der Waals surface area contributed by atoms with Crippen LogP contribution < -0.4 is 10.6 Å². The molecule has 0 saturated heterocycles. The van der Waals surface area contributed by atoms with Gasteiger partial charge in [-0.1, -0.05) is 29.9 Å². The van der Waals surface area contributed by atoms with Gasteiger partial charge in [-0.25, -0.2) is 4.79 Å². The van der Waals surface area contributed by atoms with E-state index in [9.17, 15) is 9.59 Å². The van der Waals surface area contributed by atoms with Crippen LogP contribution in [0.3, 0.4) is 0 Å². The fraction of sp³-hybridized carbons (Fsp3) is 0.400. The maximum Gasteiger partial charge on any atom is 0.340 e. The fourth-order valence-corrected chi connectivity index (χ4v) is 2.75. The van der Waals surface area contributed by atoms with Gasteiger partial charge in [0.05, 0.1) is 5.56 Å². The standard InChI is InChI=1S/C20H26N2O3/c1-2-13-22-19(23)15-25-20(24)17-10-6-7-11-18(17)21-14-12-16-8-4-3-5-9-16/h2,6-8,10-11,21H,1,3-5,9,12-15H2,(H,22,23). The predicted molar refractivity (Wildman–Crippen MR) is 99.6 cm³/mol. The second-order valence-electron chi connectivity index (χ2n) is 6.00. The van der Waals surface area contributed by atoms with Crippen LogP contribution >= 0.6 is 0 Å². The van der Waals surface area contributed by atoms with Crippen LogP contribution in [0.4, 0.5) is 5.69 Å². The maximum absolute atomic E-state index is 12.2. The number of esters is 1. The molecule has 0 heterocycles. The lowest BCUT2D eigenvalue weighted by molar-refractivity contribution is -0.124. The lowest BCUT2D eigenvalue weighted by atomic mass is 9.97. The number of rotatable bonds is 9. The van der Waals surface area contributed by atoms with Crippen molar-refractivity contribution >= 4 is 17.6 Å². The van der Waals surface area contributed by atoms with Gasteiger partial charge >= 0.3 is 5.97 Å². The molecule has 0 aromatic heterocycles. The van der Waals surface area contributed by atoms with Gasteiger partial charge in [0.25, 0.3) is 5.91 Å². The van der Waals surface area contributed by atoms with Gasteiger partial charge in [0.2, 0.25) is 0 Å². The summed E-state index contributed by atoms with van der Waals surface area (Å²) < 4.78 is 5.09. The summed E-state index contributed by atoms with van der Waals surface area (Å²) in [5, 5.41) is 5.88. The summed E-state index contributed by atoms with van der Waals surface area (Å²) in [4.78, 5) is 23.7. The van der Waals surface area contributed by atoms with Crippen LogP contribution in [0.5, 0.6) is 0 Å². The normalized spacial score (nSPS) is 13.5. The highest BCUT2D eigenvalue weighted by molar-refractivity contribution is 5.96. The highest BCUT2D eigenvalue weighted by atomic mass is 16.5. The molecule has 0 aliphatic heterocycles. The first-order chi connectivity index (χ1) is 12.2. The Morgan fingerprint density at radius 1 is 1.24 bits per heavy atom. The molecule has 2 N–H and O–H groups in total. The molecule has 5 nitrogen and oxygen atoms in total. The highest BCUT2D eigenvalue weighted by Crippen LogP contribution is 2.21. The van der Waals surface area contributed by atoms with E-state index in [1.54, 1.807) is 18.2 Å². The van der Waals surface area contributed by atoms with E-state index in [0.717, 1.165) is 18.7 Å². The lowest BCUT2D eigenvalue weighted by Crippen LogP contribution is -2.28. The molecule has 1 aromatic carbocycles. The van der Waals surface area contributed by atoms with Crippen molar-refractivity contribution < 1.29 is 14.3 Å². The third-order valence-electron chi connectivity index (χ3n) is 4.07. The Balaban J connectivity index is 1.85. The number of ether oxygens (including phenoxy) is 1. The minimum Gasteiger partial charge on any atom is -0.452 e. The molecule has 1 aliphatic rings. The Bertz CT molecular complexity index is 638. The quantitative estimate of drug-likeness (QED) is 0.533. The van der Waals surface area contributed by atoms with Crippen LogP contribution in [-0.2, 0) is 9.53 Å². The second-order valence-corrected chi connectivity index (χ2v) is 6.00. The van der Waals surface area contributed by atoms with E-state index in [1.807, 2.05) is 12.1 Å². The lowest BCUT2D eigenvalue weighted by Gasteiger charge is -2.15. The minimum atomic E-state index is -0.506. The molecule has 0 radical (unpaired) electrons. The molecule has 0 unspecified atom stereocenters. The largest absolute Gasteiger partial charge is 0.452 e. The summed E-state index contributed by atoms with van der Waals surface area (Å²) in [6.45, 7) is 4.34. The van der Waals surface area contributed by atoms with E-state index in [0.29, 0.717) is 12.1 Å². The number of anilines is 1. The topological polar surface area (TPSA) is 67.4 Å². The zero-order chi connectivity index (χ0) is 17.9. The average molecular weight is 342 g/mol. The summed E-state index contributed by atoms with van der Waals surface area (Å²) in [6, 6.07) is 7.20. The van der Waals surface area contributed by atoms with Crippen molar-refractivity contribution in [3.05, 3.63) is 54.1 Å². The van der Waals surface area contributed by atoms with Crippen molar-refractivity contribution in [2.45, 2.75) is 32.1 Å². The zero-order valence-corrected chi connectivity index (χ0v) is 14.6. The molecule has 1 aliphatic carbocycles. The van der Waals surface area contributed by atoms with Gasteiger partial charge in [-0.15, -0.1) is 6.58 Å². The van der Waals surface area contributed by atoms with Crippen molar-refractivity contribution in [1.29, 1.82) is 0 Å². The number of carbonyl (C=O) groups excluding carboxylic acids is 2. The van der Waals surface area contributed by atoms with Crippen molar-refractivity contribution in [3.63, 3.8) is 0 Å². The molecular weight excluding hydrogens is 316 g/mol.